The zero-order valence-electron chi connectivity index (χ0n) is 8.82. The molecule has 2 N–H and O–H groups in total. The number of hydrogen-bond donors (Lipinski definition) is 1. The van der Waals surface area contributed by atoms with Crippen LogP contribution in [0.1, 0.15) is 24.4 Å². The van der Waals surface area contributed by atoms with Gasteiger partial charge in [-0.25, -0.2) is 0 Å². The molecule has 0 saturated carbocycles. The molecular weight excluding hydrogens is 208 g/mol. The first-order valence-electron chi connectivity index (χ1n) is 5.51. The fourth-order valence-corrected chi connectivity index (χ4v) is 2.53. The zero-order chi connectivity index (χ0) is 10.7. The molecular formula is C12H17ClN2. The van der Waals surface area contributed by atoms with Crippen molar-refractivity contribution in [1.82, 2.24) is 4.90 Å². The van der Waals surface area contributed by atoms with Crippen molar-refractivity contribution in [1.29, 1.82) is 0 Å². The predicted octanol–water partition coefficient (Wildman–Crippen LogP) is 2.44. The molecule has 1 atom stereocenters. The lowest BCUT2D eigenvalue weighted by Gasteiger charge is -2.27. The molecule has 1 heterocycles. The van der Waals surface area contributed by atoms with Crippen molar-refractivity contribution in [2.75, 3.05) is 19.6 Å². The molecule has 2 rings (SSSR count). The van der Waals surface area contributed by atoms with Crippen LogP contribution in [0.15, 0.2) is 24.3 Å². The molecule has 1 aliphatic rings. The van der Waals surface area contributed by atoms with Gasteiger partial charge in [-0.05, 0) is 37.6 Å². The lowest BCUT2D eigenvalue weighted by molar-refractivity contribution is 0.251. The molecule has 0 bridgehead atoms. The van der Waals surface area contributed by atoms with E-state index in [-0.39, 0.29) is 0 Å². The van der Waals surface area contributed by atoms with Gasteiger partial charge in [0.15, 0.2) is 0 Å². The van der Waals surface area contributed by atoms with Crippen LogP contribution in [-0.2, 0) is 0 Å². The summed E-state index contributed by atoms with van der Waals surface area (Å²) in [6.45, 7) is 2.93. The molecule has 1 fully saturated rings. The van der Waals surface area contributed by atoms with E-state index in [1.807, 2.05) is 18.2 Å². The van der Waals surface area contributed by atoms with Crippen LogP contribution in [0.2, 0.25) is 5.02 Å². The summed E-state index contributed by atoms with van der Waals surface area (Å²) in [7, 11) is 0. The highest BCUT2D eigenvalue weighted by molar-refractivity contribution is 6.31. The predicted molar refractivity (Wildman–Crippen MR) is 64.1 cm³/mol. The Morgan fingerprint density at radius 1 is 1.27 bits per heavy atom. The summed E-state index contributed by atoms with van der Waals surface area (Å²) >= 11 is 6.19. The van der Waals surface area contributed by atoms with Gasteiger partial charge in [-0.2, -0.15) is 0 Å². The standard InChI is InChI=1S/C12H17ClN2/c13-11-6-2-1-5-10(11)12(9-14)15-7-3-4-8-15/h1-2,5-6,12H,3-4,7-9,14H2/t12-/m0/s1. The van der Waals surface area contributed by atoms with E-state index in [0.29, 0.717) is 12.6 Å². The second-order valence-corrected chi connectivity index (χ2v) is 4.42. The van der Waals surface area contributed by atoms with Gasteiger partial charge in [0.25, 0.3) is 0 Å². The molecule has 0 aliphatic carbocycles. The van der Waals surface area contributed by atoms with E-state index in [9.17, 15) is 0 Å². The molecule has 0 spiro atoms. The Morgan fingerprint density at radius 3 is 2.53 bits per heavy atom. The highest BCUT2D eigenvalue weighted by atomic mass is 35.5. The van der Waals surface area contributed by atoms with E-state index in [0.717, 1.165) is 18.1 Å². The van der Waals surface area contributed by atoms with Gasteiger partial charge < -0.3 is 5.73 Å². The van der Waals surface area contributed by atoms with Crippen LogP contribution in [0.3, 0.4) is 0 Å². The van der Waals surface area contributed by atoms with Crippen molar-refractivity contribution in [3.63, 3.8) is 0 Å². The van der Waals surface area contributed by atoms with Crippen molar-refractivity contribution in [2.24, 2.45) is 5.73 Å². The first-order valence-corrected chi connectivity index (χ1v) is 5.89. The van der Waals surface area contributed by atoms with Gasteiger partial charge in [0.2, 0.25) is 0 Å². The van der Waals surface area contributed by atoms with Crippen LogP contribution in [0.4, 0.5) is 0 Å². The number of nitrogens with two attached hydrogens (primary N) is 1. The summed E-state index contributed by atoms with van der Waals surface area (Å²) in [6.07, 6.45) is 2.56. The molecule has 0 amide bonds. The van der Waals surface area contributed by atoms with Crippen LogP contribution < -0.4 is 5.73 Å². The molecule has 1 aliphatic heterocycles. The lowest BCUT2D eigenvalue weighted by atomic mass is 10.1. The maximum absolute atomic E-state index is 6.19. The van der Waals surface area contributed by atoms with Crippen LogP contribution in [-0.4, -0.2) is 24.5 Å². The summed E-state index contributed by atoms with van der Waals surface area (Å²) in [4.78, 5) is 2.43. The monoisotopic (exact) mass is 224 g/mol. The highest BCUT2D eigenvalue weighted by Crippen LogP contribution is 2.29. The third-order valence-electron chi connectivity index (χ3n) is 3.07. The lowest BCUT2D eigenvalue weighted by Crippen LogP contribution is -2.31. The largest absolute Gasteiger partial charge is 0.329 e. The number of halogens is 1. The van der Waals surface area contributed by atoms with Gasteiger partial charge in [0.05, 0.1) is 0 Å². The van der Waals surface area contributed by atoms with Gasteiger partial charge >= 0.3 is 0 Å². The summed E-state index contributed by atoms with van der Waals surface area (Å²) in [6, 6.07) is 8.30. The maximum atomic E-state index is 6.19. The Labute approximate surface area is 96.0 Å². The molecule has 0 unspecified atom stereocenters. The molecule has 2 nitrogen and oxygen atoms in total. The Bertz CT molecular complexity index is 321. The second kappa shape index (κ2) is 4.97. The smallest absolute Gasteiger partial charge is 0.0485 e. The van der Waals surface area contributed by atoms with Gasteiger partial charge in [-0.1, -0.05) is 29.8 Å². The number of likely N-dealkylation sites (tertiary alicyclic amines) is 1. The third kappa shape index (κ3) is 2.33. The first kappa shape index (κ1) is 10.9. The quantitative estimate of drug-likeness (QED) is 0.855. The zero-order valence-corrected chi connectivity index (χ0v) is 9.58. The normalized spacial score (nSPS) is 19.3. The molecule has 1 aromatic rings. The average molecular weight is 225 g/mol. The molecule has 1 saturated heterocycles. The fraction of sp³-hybridized carbons (Fsp3) is 0.500. The van der Waals surface area contributed by atoms with Crippen molar-refractivity contribution >= 4 is 11.6 Å². The SMILES string of the molecule is NC[C@@H](c1ccccc1Cl)N1CCCC1. The van der Waals surface area contributed by atoms with E-state index in [2.05, 4.69) is 11.0 Å². The molecule has 0 aromatic heterocycles. The van der Waals surface area contributed by atoms with Crippen molar-refractivity contribution in [3.8, 4) is 0 Å². The number of hydrogen-bond acceptors (Lipinski definition) is 2. The van der Waals surface area contributed by atoms with Crippen molar-refractivity contribution in [2.45, 2.75) is 18.9 Å². The Kier molecular flexibility index (Phi) is 3.62. The maximum Gasteiger partial charge on any atom is 0.0485 e. The Hall–Kier alpha value is -0.570. The summed E-state index contributed by atoms with van der Waals surface area (Å²) in [5.41, 5.74) is 7.02. The number of nitrogens with zero attached hydrogens (tertiary/aromatic N) is 1. The van der Waals surface area contributed by atoms with E-state index < -0.39 is 0 Å². The van der Waals surface area contributed by atoms with Crippen LogP contribution in [0, 0.1) is 0 Å². The average Bonchev–Trinajstić information content (AvgIpc) is 2.75. The Balaban J connectivity index is 2.22. The third-order valence-corrected chi connectivity index (χ3v) is 3.41. The molecule has 3 heteroatoms. The van der Waals surface area contributed by atoms with Gasteiger partial charge in [0, 0.05) is 17.6 Å². The molecule has 1 aromatic carbocycles. The highest BCUT2D eigenvalue weighted by Gasteiger charge is 2.23. The number of benzene rings is 1. The summed E-state index contributed by atoms with van der Waals surface area (Å²) < 4.78 is 0. The van der Waals surface area contributed by atoms with Crippen LogP contribution in [0.25, 0.3) is 0 Å². The minimum Gasteiger partial charge on any atom is -0.329 e. The molecule has 0 radical (unpaired) electrons. The minimum absolute atomic E-state index is 0.293. The van der Waals surface area contributed by atoms with E-state index in [1.54, 1.807) is 0 Å². The minimum atomic E-state index is 0.293. The van der Waals surface area contributed by atoms with Gasteiger partial charge in [-0.3, -0.25) is 4.90 Å². The van der Waals surface area contributed by atoms with Gasteiger partial charge in [0.1, 0.15) is 0 Å². The van der Waals surface area contributed by atoms with Crippen LogP contribution in [0.5, 0.6) is 0 Å². The van der Waals surface area contributed by atoms with E-state index in [1.165, 1.54) is 18.4 Å². The topological polar surface area (TPSA) is 29.3 Å². The number of rotatable bonds is 3. The molecule has 82 valence electrons. The van der Waals surface area contributed by atoms with Crippen molar-refractivity contribution < 1.29 is 0 Å². The van der Waals surface area contributed by atoms with Gasteiger partial charge in [-0.15, -0.1) is 0 Å². The van der Waals surface area contributed by atoms with Crippen molar-refractivity contribution in [3.05, 3.63) is 34.9 Å². The van der Waals surface area contributed by atoms with E-state index in [4.69, 9.17) is 17.3 Å². The Morgan fingerprint density at radius 2 is 1.93 bits per heavy atom. The van der Waals surface area contributed by atoms with Crippen LogP contribution >= 0.6 is 11.6 Å². The molecule has 15 heavy (non-hydrogen) atoms. The first-order chi connectivity index (χ1) is 7.33. The summed E-state index contributed by atoms with van der Waals surface area (Å²) in [5, 5.41) is 0.833. The van der Waals surface area contributed by atoms with E-state index >= 15 is 0 Å². The second-order valence-electron chi connectivity index (χ2n) is 4.02. The fourth-order valence-electron chi connectivity index (χ4n) is 2.27. The summed E-state index contributed by atoms with van der Waals surface area (Å²) in [5.74, 6) is 0.